The molecule has 0 fully saturated rings. The fraction of sp³-hybridized carbons (Fsp3) is 0.333. The summed E-state index contributed by atoms with van der Waals surface area (Å²) in [7, 11) is 0. The monoisotopic (exact) mass is 260 g/mol. The molecule has 0 atom stereocenters. The number of halogens is 1. The standard InChI is InChI=1S/C15H17ClN2/c1-5-13-11(4)14(16)18-15(17-13)12-8-9(2)6-7-10(12)3/h6-8H,5H2,1-4H3. The Labute approximate surface area is 113 Å². The zero-order valence-electron chi connectivity index (χ0n) is 11.2. The van der Waals surface area contributed by atoms with E-state index in [2.05, 4.69) is 48.9 Å². The molecule has 0 saturated carbocycles. The highest BCUT2D eigenvalue weighted by atomic mass is 35.5. The fourth-order valence-electron chi connectivity index (χ4n) is 1.97. The molecule has 0 amide bonds. The molecule has 2 rings (SSSR count). The Bertz CT molecular complexity index is 591. The van der Waals surface area contributed by atoms with Gasteiger partial charge in [0.25, 0.3) is 0 Å². The van der Waals surface area contributed by atoms with Crippen LogP contribution in [0.25, 0.3) is 11.4 Å². The van der Waals surface area contributed by atoms with Crippen molar-refractivity contribution in [1.82, 2.24) is 9.97 Å². The van der Waals surface area contributed by atoms with E-state index in [0.717, 1.165) is 29.1 Å². The molecule has 0 aliphatic heterocycles. The lowest BCUT2D eigenvalue weighted by molar-refractivity contribution is 0.975. The summed E-state index contributed by atoms with van der Waals surface area (Å²) >= 11 is 6.19. The van der Waals surface area contributed by atoms with Gasteiger partial charge in [-0.05, 0) is 38.8 Å². The molecule has 0 aliphatic carbocycles. The van der Waals surface area contributed by atoms with Gasteiger partial charge in [-0.25, -0.2) is 9.97 Å². The normalized spacial score (nSPS) is 10.7. The Morgan fingerprint density at radius 3 is 2.50 bits per heavy atom. The van der Waals surface area contributed by atoms with Crippen molar-refractivity contribution in [3.63, 3.8) is 0 Å². The molecular formula is C15H17ClN2. The molecule has 1 heterocycles. The topological polar surface area (TPSA) is 25.8 Å². The predicted molar refractivity (Wildman–Crippen MR) is 76.1 cm³/mol. The second-order valence-corrected chi connectivity index (χ2v) is 4.94. The second-order valence-electron chi connectivity index (χ2n) is 4.58. The van der Waals surface area contributed by atoms with Gasteiger partial charge >= 0.3 is 0 Å². The zero-order valence-corrected chi connectivity index (χ0v) is 12.0. The van der Waals surface area contributed by atoms with Crippen molar-refractivity contribution in [3.8, 4) is 11.4 Å². The lowest BCUT2D eigenvalue weighted by atomic mass is 10.0. The Hall–Kier alpha value is -1.41. The van der Waals surface area contributed by atoms with E-state index >= 15 is 0 Å². The van der Waals surface area contributed by atoms with Crippen LogP contribution in [-0.4, -0.2) is 9.97 Å². The van der Waals surface area contributed by atoms with Crippen molar-refractivity contribution in [3.05, 3.63) is 45.7 Å². The molecule has 0 aliphatic rings. The van der Waals surface area contributed by atoms with Gasteiger partial charge in [0.05, 0.1) is 0 Å². The van der Waals surface area contributed by atoms with Crippen molar-refractivity contribution in [2.45, 2.75) is 34.1 Å². The largest absolute Gasteiger partial charge is 0.233 e. The van der Waals surface area contributed by atoms with E-state index in [9.17, 15) is 0 Å². The molecule has 2 aromatic rings. The van der Waals surface area contributed by atoms with Gasteiger partial charge < -0.3 is 0 Å². The van der Waals surface area contributed by atoms with Gasteiger partial charge in [-0.3, -0.25) is 0 Å². The van der Waals surface area contributed by atoms with Crippen LogP contribution in [0.15, 0.2) is 18.2 Å². The van der Waals surface area contributed by atoms with Crippen LogP contribution >= 0.6 is 11.6 Å². The van der Waals surface area contributed by atoms with Gasteiger partial charge in [0.2, 0.25) is 0 Å². The minimum absolute atomic E-state index is 0.553. The van der Waals surface area contributed by atoms with Crippen molar-refractivity contribution in [2.75, 3.05) is 0 Å². The van der Waals surface area contributed by atoms with Gasteiger partial charge in [-0.15, -0.1) is 0 Å². The molecule has 94 valence electrons. The van der Waals surface area contributed by atoms with Crippen molar-refractivity contribution < 1.29 is 0 Å². The van der Waals surface area contributed by atoms with Crippen molar-refractivity contribution in [2.24, 2.45) is 0 Å². The quantitative estimate of drug-likeness (QED) is 0.753. The number of aryl methyl sites for hydroxylation is 3. The number of rotatable bonds is 2. The molecular weight excluding hydrogens is 244 g/mol. The molecule has 0 bridgehead atoms. The summed E-state index contributed by atoms with van der Waals surface area (Å²) in [6.07, 6.45) is 0.867. The summed E-state index contributed by atoms with van der Waals surface area (Å²) in [5, 5.41) is 0.553. The average molecular weight is 261 g/mol. The highest BCUT2D eigenvalue weighted by molar-refractivity contribution is 6.30. The molecule has 1 aromatic heterocycles. The number of hydrogen-bond donors (Lipinski definition) is 0. The zero-order chi connectivity index (χ0) is 13.3. The van der Waals surface area contributed by atoms with Gasteiger partial charge in [0, 0.05) is 16.8 Å². The summed E-state index contributed by atoms with van der Waals surface area (Å²) in [5.74, 6) is 0.726. The molecule has 0 N–H and O–H groups in total. The fourth-order valence-corrected chi connectivity index (χ4v) is 2.16. The van der Waals surface area contributed by atoms with Crippen molar-refractivity contribution >= 4 is 11.6 Å². The Balaban J connectivity index is 2.64. The predicted octanol–water partition coefficient (Wildman–Crippen LogP) is 4.28. The summed E-state index contributed by atoms with van der Waals surface area (Å²) in [5.41, 5.74) is 5.43. The van der Waals surface area contributed by atoms with Crippen LogP contribution < -0.4 is 0 Å². The minimum atomic E-state index is 0.553. The third-order valence-corrected chi connectivity index (χ3v) is 3.52. The van der Waals surface area contributed by atoms with Gasteiger partial charge in [0.1, 0.15) is 5.15 Å². The molecule has 0 saturated heterocycles. The number of nitrogens with zero attached hydrogens (tertiary/aromatic N) is 2. The average Bonchev–Trinajstić information content (AvgIpc) is 2.35. The third kappa shape index (κ3) is 2.39. The SMILES string of the molecule is CCc1nc(-c2cc(C)ccc2C)nc(Cl)c1C. The van der Waals surface area contributed by atoms with Crippen LogP contribution in [0, 0.1) is 20.8 Å². The Morgan fingerprint density at radius 2 is 1.83 bits per heavy atom. The molecule has 1 aromatic carbocycles. The van der Waals surface area contributed by atoms with Crippen LogP contribution in [-0.2, 0) is 6.42 Å². The molecule has 18 heavy (non-hydrogen) atoms. The molecule has 0 radical (unpaired) electrons. The second kappa shape index (κ2) is 5.07. The van der Waals surface area contributed by atoms with Crippen LogP contribution in [0.2, 0.25) is 5.15 Å². The lowest BCUT2D eigenvalue weighted by Crippen LogP contribution is -2.00. The van der Waals surface area contributed by atoms with E-state index < -0.39 is 0 Å². The van der Waals surface area contributed by atoms with Gasteiger partial charge in [0.15, 0.2) is 5.82 Å². The highest BCUT2D eigenvalue weighted by Gasteiger charge is 2.11. The van der Waals surface area contributed by atoms with Crippen LogP contribution in [0.5, 0.6) is 0 Å². The highest BCUT2D eigenvalue weighted by Crippen LogP contribution is 2.25. The molecule has 0 unspecified atom stereocenters. The smallest absolute Gasteiger partial charge is 0.161 e. The summed E-state index contributed by atoms with van der Waals surface area (Å²) in [6, 6.07) is 6.29. The first-order chi connectivity index (χ1) is 8.52. The first-order valence-electron chi connectivity index (χ1n) is 6.13. The maximum atomic E-state index is 6.19. The van der Waals surface area contributed by atoms with E-state index in [0.29, 0.717) is 5.15 Å². The van der Waals surface area contributed by atoms with Crippen LogP contribution in [0.1, 0.15) is 29.3 Å². The minimum Gasteiger partial charge on any atom is -0.233 e. The van der Waals surface area contributed by atoms with Crippen LogP contribution in [0.3, 0.4) is 0 Å². The van der Waals surface area contributed by atoms with E-state index in [1.807, 2.05) is 6.92 Å². The Morgan fingerprint density at radius 1 is 1.11 bits per heavy atom. The van der Waals surface area contributed by atoms with Crippen LogP contribution in [0.4, 0.5) is 0 Å². The number of hydrogen-bond acceptors (Lipinski definition) is 2. The Kier molecular flexibility index (Phi) is 3.67. The van der Waals surface area contributed by atoms with Gasteiger partial charge in [-0.2, -0.15) is 0 Å². The third-order valence-electron chi connectivity index (χ3n) is 3.16. The van der Waals surface area contributed by atoms with E-state index in [1.54, 1.807) is 0 Å². The molecule has 3 heteroatoms. The number of benzene rings is 1. The molecule has 0 spiro atoms. The summed E-state index contributed by atoms with van der Waals surface area (Å²) in [6.45, 7) is 8.18. The van der Waals surface area contributed by atoms with Gasteiger partial charge in [-0.1, -0.05) is 36.2 Å². The molecule has 2 nitrogen and oxygen atoms in total. The maximum Gasteiger partial charge on any atom is 0.161 e. The maximum absolute atomic E-state index is 6.19. The number of aromatic nitrogens is 2. The summed E-state index contributed by atoms with van der Waals surface area (Å²) in [4.78, 5) is 9.04. The summed E-state index contributed by atoms with van der Waals surface area (Å²) < 4.78 is 0. The van der Waals surface area contributed by atoms with E-state index in [4.69, 9.17) is 11.6 Å². The van der Waals surface area contributed by atoms with E-state index in [-0.39, 0.29) is 0 Å². The lowest BCUT2D eigenvalue weighted by Gasteiger charge is -2.10. The van der Waals surface area contributed by atoms with E-state index in [1.165, 1.54) is 11.1 Å². The van der Waals surface area contributed by atoms with Crippen molar-refractivity contribution in [1.29, 1.82) is 0 Å². The first-order valence-corrected chi connectivity index (χ1v) is 6.51. The first kappa shape index (κ1) is 13.0.